The summed E-state index contributed by atoms with van der Waals surface area (Å²) in [4.78, 5) is 12.1. The largest absolute Gasteiger partial charge is 0.322 e. The lowest BCUT2D eigenvalue weighted by Gasteiger charge is -2.10. The second-order valence-electron chi connectivity index (χ2n) is 6.48. The number of aryl methyl sites for hydroxylation is 1. The molecule has 0 bridgehead atoms. The molecule has 3 aromatic rings. The van der Waals surface area contributed by atoms with Crippen molar-refractivity contribution >= 4 is 11.6 Å². The molecule has 0 aliphatic heterocycles. The first-order chi connectivity index (χ1) is 14.1. The van der Waals surface area contributed by atoms with Crippen LogP contribution in [0.25, 0.3) is 11.3 Å². The number of allylic oxidation sites excluding steroid dienone is 1. The highest BCUT2D eigenvalue weighted by atomic mass is 19.3. The van der Waals surface area contributed by atoms with Crippen molar-refractivity contribution in [1.82, 2.24) is 9.78 Å². The molecule has 0 aliphatic rings. The highest BCUT2D eigenvalue weighted by Gasteiger charge is 2.34. The van der Waals surface area contributed by atoms with Gasteiger partial charge in [0, 0.05) is 19.2 Å². The molecular formula is C21H16F5N3O. The molecule has 4 nitrogen and oxygen atoms in total. The van der Waals surface area contributed by atoms with Crippen LogP contribution < -0.4 is 5.32 Å². The molecule has 0 saturated carbocycles. The normalized spacial score (nSPS) is 11.4. The van der Waals surface area contributed by atoms with Crippen molar-refractivity contribution in [2.24, 2.45) is 7.05 Å². The third-order valence-electron chi connectivity index (χ3n) is 4.33. The van der Waals surface area contributed by atoms with Gasteiger partial charge in [-0.25, -0.2) is 13.2 Å². The summed E-state index contributed by atoms with van der Waals surface area (Å²) in [5.41, 5.74) is -2.02. The Morgan fingerprint density at radius 2 is 1.77 bits per heavy atom. The topological polar surface area (TPSA) is 46.9 Å². The van der Waals surface area contributed by atoms with Gasteiger partial charge in [0.25, 0.3) is 11.8 Å². The quantitative estimate of drug-likeness (QED) is 0.427. The first-order valence-corrected chi connectivity index (χ1v) is 8.72. The monoisotopic (exact) mass is 421 g/mol. The Kier molecular flexibility index (Phi) is 5.73. The van der Waals surface area contributed by atoms with Crippen molar-refractivity contribution in [1.29, 1.82) is 0 Å². The van der Waals surface area contributed by atoms with Crippen molar-refractivity contribution in [2.75, 3.05) is 5.32 Å². The van der Waals surface area contributed by atoms with Crippen LogP contribution in [0, 0.1) is 17.5 Å². The fourth-order valence-electron chi connectivity index (χ4n) is 2.90. The van der Waals surface area contributed by atoms with Crippen molar-refractivity contribution in [2.45, 2.75) is 12.3 Å². The SMILES string of the molecule is C=CCC(F)(F)c1cc(-c2c(F)cc(NC(=O)c3ccccc3F)cc2F)n(C)n1. The number of hydrogen-bond acceptors (Lipinski definition) is 2. The summed E-state index contributed by atoms with van der Waals surface area (Å²) >= 11 is 0. The van der Waals surface area contributed by atoms with Crippen LogP contribution in [0.4, 0.5) is 27.6 Å². The van der Waals surface area contributed by atoms with Crippen LogP contribution in [-0.2, 0) is 13.0 Å². The molecule has 0 spiro atoms. The van der Waals surface area contributed by atoms with Gasteiger partial charge >= 0.3 is 0 Å². The number of halogens is 5. The first kappa shape index (κ1) is 21.2. The minimum absolute atomic E-state index is 0.212. The van der Waals surface area contributed by atoms with E-state index >= 15 is 0 Å². The molecule has 2 aromatic carbocycles. The van der Waals surface area contributed by atoms with E-state index in [-0.39, 0.29) is 16.9 Å². The third kappa shape index (κ3) is 4.10. The van der Waals surface area contributed by atoms with Gasteiger partial charge in [-0.1, -0.05) is 18.2 Å². The third-order valence-corrected chi connectivity index (χ3v) is 4.33. The van der Waals surface area contributed by atoms with E-state index < -0.39 is 47.0 Å². The first-order valence-electron chi connectivity index (χ1n) is 8.72. The van der Waals surface area contributed by atoms with Crippen molar-refractivity contribution in [3.8, 4) is 11.3 Å². The molecule has 9 heteroatoms. The average Bonchev–Trinajstić information content (AvgIpc) is 3.04. The number of aromatic nitrogens is 2. The number of amides is 1. The zero-order valence-electron chi connectivity index (χ0n) is 15.7. The van der Waals surface area contributed by atoms with E-state index in [2.05, 4.69) is 17.0 Å². The predicted octanol–water partition coefficient (Wildman–Crippen LogP) is 5.42. The Balaban J connectivity index is 1.94. The second-order valence-corrected chi connectivity index (χ2v) is 6.48. The van der Waals surface area contributed by atoms with Gasteiger partial charge in [0.05, 0.1) is 16.8 Å². The summed E-state index contributed by atoms with van der Waals surface area (Å²) in [5, 5.41) is 5.86. The van der Waals surface area contributed by atoms with Crippen LogP contribution in [0.3, 0.4) is 0 Å². The molecule has 0 saturated heterocycles. The molecule has 3 rings (SSSR count). The minimum Gasteiger partial charge on any atom is -0.322 e. The van der Waals surface area contributed by atoms with E-state index in [9.17, 15) is 26.7 Å². The van der Waals surface area contributed by atoms with Crippen molar-refractivity contribution in [3.63, 3.8) is 0 Å². The summed E-state index contributed by atoms with van der Waals surface area (Å²) in [6, 6.07) is 7.62. The fourth-order valence-corrected chi connectivity index (χ4v) is 2.90. The standard InChI is InChI=1S/C21H16F5N3O/c1-3-8-21(25,26)18-11-17(29(2)28-18)19-15(23)9-12(10-16(19)24)27-20(30)13-6-4-5-7-14(13)22/h3-7,9-11H,1,8H2,2H3,(H,27,30). The number of rotatable bonds is 6. The number of nitrogens with zero attached hydrogens (tertiary/aromatic N) is 2. The predicted molar refractivity (Wildman–Crippen MR) is 102 cm³/mol. The van der Waals surface area contributed by atoms with Gasteiger partial charge < -0.3 is 5.32 Å². The molecular weight excluding hydrogens is 405 g/mol. The number of hydrogen-bond donors (Lipinski definition) is 1. The van der Waals surface area contributed by atoms with Gasteiger partial charge in [-0.05, 0) is 30.3 Å². The van der Waals surface area contributed by atoms with Gasteiger partial charge in [-0.3, -0.25) is 9.48 Å². The lowest BCUT2D eigenvalue weighted by Crippen LogP contribution is -2.14. The zero-order valence-corrected chi connectivity index (χ0v) is 15.7. The number of nitrogens with one attached hydrogen (secondary N) is 1. The Morgan fingerprint density at radius 1 is 1.13 bits per heavy atom. The van der Waals surface area contributed by atoms with Gasteiger partial charge in [0.15, 0.2) is 0 Å². The highest BCUT2D eigenvalue weighted by Crippen LogP contribution is 2.35. The molecule has 1 N–H and O–H groups in total. The van der Waals surface area contributed by atoms with Crippen LogP contribution in [0.1, 0.15) is 22.5 Å². The molecule has 1 heterocycles. The average molecular weight is 421 g/mol. The number of alkyl halides is 2. The summed E-state index contributed by atoms with van der Waals surface area (Å²) in [7, 11) is 1.27. The van der Waals surface area contributed by atoms with Crippen LogP contribution in [-0.4, -0.2) is 15.7 Å². The van der Waals surface area contributed by atoms with E-state index in [1.54, 1.807) is 0 Å². The molecule has 0 fully saturated rings. The summed E-state index contributed by atoms with van der Waals surface area (Å²) in [6.07, 6.45) is 0.331. The lowest BCUT2D eigenvalue weighted by atomic mass is 10.1. The van der Waals surface area contributed by atoms with E-state index in [1.807, 2.05) is 0 Å². The minimum atomic E-state index is -3.35. The molecule has 156 valence electrons. The Hall–Kier alpha value is -3.49. The van der Waals surface area contributed by atoms with Crippen molar-refractivity contribution in [3.05, 3.63) is 83.8 Å². The molecule has 1 aromatic heterocycles. The maximum atomic E-state index is 14.7. The Labute approximate surface area is 168 Å². The van der Waals surface area contributed by atoms with E-state index in [4.69, 9.17) is 0 Å². The zero-order chi connectivity index (χ0) is 22.1. The van der Waals surface area contributed by atoms with Gasteiger partial charge in [0.2, 0.25) is 0 Å². The van der Waals surface area contributed by atoms with Crippen LogP contribution in [0.15, 0.2) is 55.1 Å². The Bertz CT molecular complexity index is 1100. The van der Waals surface area contributed by atoms with E-state index in [1.165, 1.54) is 25.2 Å². The molecule has 0 radical (unpaired) electrons. The van der Waals surface area contributed by atoms with Gasteiger partial charge in [0.1, 0.15) is 23.1 Å². The van der Waals surface area contributed by atoms with Crippen LogP contribution >= 0.6 is 0 Å². The Morgan fingerprint density at radius 3 is 2.37 bits per heavy atom. The maximum Gasteiger partial charge on any atom is 0.294 e. The van der Waals surface area contributed by atoms with Gasteiger partial charge in [-0.15, -0.1) is 6.58 Å². The number of carbonyl (C=O) groups is 1. The van der Waals surface area contributed by atoms with Gasteiger partial charge in [-0.2, -0.15) is 13.9 Å². The molecule has 1 amide bonds. The maximum absolute atomic E-state index is 14.7. The molecule has 0 aliphatic carbocycles. The number of anilines is 1. The fraction of sp³-hybridized carbons (Fsp3) is 0.143. The summed E-state index contributed by atoms with van der Waals surface area (Å²) in [5.74, 6) is -7.26. The lowest BCUT2D eigenvalue weighted by molar-refractivity contribution is -0.00592. The van der Waals surface area contributed by atoms with E-state index in [0.29, 0.717) is 0 Å². The molecule has 0 unspecified atom stereocenters. The van der Waals surface area contributed by atoms with Crippen LogP contribution in [0.5, 0.6) is 0 Å². The number of carbonyl (C=O) groups excluding carboxylic acids is 1. The number of benzene rings is 2. The second kappa shape index (κ2) is 8.10. The van der Waals surface area contributed by atoms with E-state index in [0.717, 1.165) is 35.0 Å². The summed E-state index contributed by atoms with van der Waals surface area (Å²) in [6.45, 7) is 3.26. The van der Waals surface area contributed by atoms with Crippen LogP contribution in [0.2, 0.25) is 0 Å². The summed E-state index contributed by atoms with van der Waals surface area (Å²) < 4.78 is 72.0. The van der Waals surface area contributed by atoms with Crippen molar-refractivity contribution < 1.29 is 26.7 Å². The molecule has 30 heavy (non-hydrogen) atoms. The smallest absolute Gasteiger partial charge is 0.294 e. The highest BCUT2D eigenvalue weighted by molar-refractivity contribution is 6.04. The molecule has 0 atom stereocenters.